The number of aliphatic hydroxyl groups is 1. The number of alkyl halides is 6. The van der Waals surface area contributed by atoms with Gasteiger partial charge in [0.1, 0.15) is 6.04 Å². The molecule has 3 rings (SSSR count). The Balaban J connectivity index is 1.58. The van der Waals surface area contributed by atoms with Gasteiger partial charge in [-0.25, -0.2) is 0 Å². The lowest BCUT2D eigenvalue weighted by atomic mass is 9.99. The summed E-state index contributed by atoms with van der Waals surface area (Å²) in [6.07, 6.45) is -14.6. The fourth-order valence-corrected chi connectivity index (χ4v) is 4.46. The zero-order chi connectivity index (χ0) is 35.7. The summed E-state index contributed by atoms with van der Waals surface area (Å²) in [5.41, 5.74) is 2.75. The van der Waals surface area contributed by atoms with E-state index in [4.69, 9.17) is 5.73 Å². The average molecular weight is 688 g/mol. The van der Waals surface area contributed by atoms with Gasteiger partial charge in [0.2, 0.25) is 29.5 Å². The van der Waals surface area contributed by atoms with Gasteiger partial charge in [0.05, 0.1) is 25.6 Å². The van der Waals surface area contributed by atoms with Gasteiger partial charge in [-0.1, -0.05) is 54.6 Å². The molecule has 260 valence electrons. The van der Waals surface area contributed by atoms with Crippen molar-refractivity contribution in [3.05, 3.63) is 71.3 Å². The van der Waals surface area contributed by atoms with E-state index in [0.717, 1.165) is 12.1 Å². The van der Waals surface area contributed by atoms with Crippen molar-refractivity contribution in [1.29, 1.82) is 0 Å². The van der Waals surface area contributed by atoms with Gasteiger partial charge in [-0.15, -0.1) is 10.2 Å². The predicted octanol–water partition coefficient (Wildman–Crippen LogP) is 1.04. The fourth-order valence-electron chi connectivity index (χ4n) is 4.46. The standard InChI is InChI=1S/C29H31F6N7O6/c30-28(31,32)25(47)19(9-10-21(36)43)39-24(46)15-38-26(48)20(12-16-5-2-1-3-6-16)40-23(45)14-37-22(44)13-17-7-4-8-18(11-17)27(41-42-27)29(33,34)35/h1-8,11,19-20,25,47H,9-10,12-15H2,(H2,36,43)(H,37,44)(H,38,48)(H,39,46)(H,40,45). The molecule has 0 saturated carbocycles. The van der Waals surface area contributed by atoms with Crippen LogP contribution in [0, 0.1) is 0 Å². The summed E-state index contributed by atoms with van der Waals surface area (Å²) in [4.78, 5) is 61.5. The molecule has 3 unspecified atom stereocenters. The second-order valence-electron chi connectivity index (χ2n) is 10.7. The molecule has 1 aliphatic rings. The Hall–Kier alpha value is -5.07. The second-order valence-corrected chi connectivity index (χ2v) is 10.7. The number of aliphatic hydroxyl groups excluding tert-OH is 1. The van der Waals surface area contributed by atoms with Gasteiger partial charge in [-0.2, -0.15) is 26.3 Å². The fraction of sp³-hybridized carbons (Fsp3) is 0.414. The van der Waals surface area contributed by atoms with Crippen LogP contribution in [0.4, 0.5) is 26.3 Å². The molecule has 1 heterocycles. The number of nitrogens with two attached hydrogens (primary N) is 1. The van der Waals surface area contributed by atoms with E-state index >= 15 is 0 Å². The highest BCUT2D eigenvalue weighted by atomic mass is 19.4. The van der Waals surface area contributed by atoms with E-state index in [1.807, 2.05) is 5.32 Å². The minimum absolute atomic E-state index is 0.105. The maximum atomic E-state index is 13.3. The number of benzene rings is 2. The third-order valence-corrected chi connectivity index (χ3v) is 6.96. The Morgan fingerprint density at radius 2 is 1.42 bits per heavy atom. The molecule has 48 heavy (non-hydrogen) atoms. The van der Waals surface area contributed by atoms with Gasteiger partial charge >= 0.3 is 18.0 Å². The van der Waals surface area contributed by atoms with Gasteiger partial charge in [0, 0.05) is 18.4 Å². The van der Waals surface area contributed by atoms with E-state index in [1.165, 1.54) is 12.1 Å². The number of amides is 5. The summed E-state index contributed by atoms with van der Waals surface area (Å²) < 4.78 is 79.1. The third kappa shape index (κ3) is 10.7. The Morgan fingerprint density at radius 1 is 0.812 bits per heavy atom. The average Bonchev–Trinajstić information content (AvgIpc) is 3.83. The Labute approximate surface area is 268 Å². The van der Waals surface area contributed by atoms with Gasteiger partial charge in [0.25, 0.3) is 0 Å². The number of nitrogens with zero attached hydrogens (tertiary/aromatic N) is 2. The van der Waals surface area contributed by atoms with Crippen LogP contribution in [0.3, 0.4) is 0 Å². The Morgan fingerprint density at radius 3 is 2.00 bits per heavy atom. The second kappa shape index (κ2) is 15.7. The van der Waals surface area contributed by atoms with Gasteiger partial charge in [-0.05, 0) is 17.5 Å². The van der Waals surface area contributed by atoms with Crippen molar-refractivity contribution in [2.75, 3.05) is 13.1 Å². The predicted molar refractivity (Wildman–Crippen MR) is 153 cm³/mol. The first-order valence-electron chi connectivity index (χ1n) is 14.2. The largest absolute Gasteiger partial charge is 0.442 e. The maximum absolute atomic E-state index is 13.3. The van der Waals surface area contributed by atoms with E-state index in [0.29, 0.717) is 5.56 Å². The number of carbonyl (C=O) groups is 5. The van der Waals surface area contributed by atoms with Gasteiger partial charge < -0.3 is 32.1 Å². The minimum Gasteiger partial charge on any atom is -0.382 e. The number of rotatable bonds is 16. The van der Waals surface area contributed by atoms with Crippen molar-refractivity contribution in [2.24, 2.45) is 16.0 Å². The number of nitrogens with one attached hydrogen (secondary N) is 4. The topological polar surface area (TPSA) is 204 Å². The van der Waals surface area contributed by atoms with Crippen LogP contribution in [0.25, 0.3) is 0 Å². The summed E-state index contributed by atoms with van der Waals surface area (Å²) in [5.74, 6) is -4.64. The molecule has 2 aromatic rings. The molecular formula is C29H31F6N7O6. The highest BCUT2D eigenvalue weighted by Gasteiger charge is 2.65. The maximum Gasteiger partial charge on any atom is 0.442 e. The van der Waals surface area contributed by atoms with E-state index in [9.17, 15) is 55.4 Å². The molecule has 1 aliphatic heterocycles. The zero-order valence-corrected chi connectivity index (χ0v) is 24.9. The van der Waals surface area contributed by atoms with Crippen LogP contribution in [0.5, 0.6) is 0 Å². The molecule has 5 amide bonds. The summed E-state index contributed by atoms with van der Waals surface area (Å²) in [5, 5.41) is 24.6. The van der Waals surface area contributed by atoms with Crippen molar-refractivity contribution < 1.29 is 55.4 Å². The van der Waals surface area contributed by atoms with Gasteiger partial charge in [0.15, 0.2) is 6.10 Å². The van der Waals surface area contributed by atoms with E-state index in [2.05, 4.69) is 26.2 Å². The van der Waals surface area contributed by atoms with Crippen LogP contribution >= 0.6 is 0 Å². The molecule has 19 heteroatoms. The molecule has 3 atom stereocenters. The molecule has 2 aromatic carbocycles. The summed E-state index contributed by atoms with van der Waals surface area (Å²) in [6.45, 7) is -1.52. The number of hydrogen-bond acceptors (Lipinski definition) is 8. The Kier molecular flexibility index (Phi) is 12.2. The van der Waals surface area contributed by atoms with E-state index < -0.39 is 98.1 Å². The summed E-state index contributed by atoms with van der Waals surface area (Å²) >= 11 is 0. The van der Waals surface area contributed by atoms with E-state index in [1.54, 1.807) is 30.3 Å². The van der Waals surface area contributed by atoms with Crippen molar-refractivity contribution in [2.45, 2.75) is 61.9 Å². The van der Waals surface area contributed by atoms with Crippen LogP contribution in [0.1, 0.15) is 29.5 Å². The molecule has 0 radical (unpaired) electrons. The number of hydrogen-bond donors (Lipinski definition) is 6. The van der Waals surface area contributed by atoms with E-state index in [-0.39, 0.29) is 17.5 Å². The molecule has 0 bridgehead atoms. The number of halogens is 6. The van der Waals surface area contributed by atoms with Crippen LogP contribution in [-0.4, -0.2) is 78.3 Å². The number of primary amides is 1. The zero-order valence-electron chi connectivity index (χ0n) is 24.9. The SMILES string of the molecule is NC(=O)CCC(NC(=O)CNC(=O)C(Cc1ccccc1)NC(=O)CNC(=O)Cc1cccc(C2(C(F)(F)F)N=N2)c1)C(O)C(F)(F)F. The molecule has 0 aromatic heterocycles. The van der Waals surface area contributed by atoms with Crippen LogP contribution in [0.15, 0.2) is 64.8 Å². The van der Waals surface area contributed by atoms with Crippen molar-refractivity contribution in [1.82, 2.24) is 21.3 Å². The van der Waals surface area contributed by atoms with Crippen LogP contribution in [0.2, 0.25) is 0 Å². The van der Waals surface area contributed by atoms with Crippen molar-refractivity contribution >= 4 is 29.5 Å². The molecule has 13 nitrogen and oxygen atoms in total. The molecule has 0 spiro atoms. The first-order valence-corrected chi connectivity index (χ1v) is 14.2. The molecular weight excluding hydrogens is 656 g/mol. The minimum atomic E-state index is -5.14. The lowest BCUT2D eigenvalue weighted by Gasteiger charge is -2.26. The molecule has 7 N–H and O–H groups in total. The van der Waals surface area contributed by atoms with Gasteiger partial charge in [-0.3, -0.25) is 24.0 Å². The van der Waals surface area contributed by atoms with Crippen molar-refractivity contribution in [3.63, 3.8) is 0 Å². The lowest BCUT2D eigenvalue weighted by molar-refractivity contribution is -0.212. The molecule has 0 saturated heterocycles. The lowest BCUT2D eigenvalue weighted by Crippen LogP contribution is -2.54. The smallest absolute Gasteiger partial charge is 0.382 e. The monoisotopic (exact) mass is 687 g/mol. The first kappa shape index (κ1) is 37.4. The highest BCUT2D eigenvalue weighted by Crippen LogP contribution is 2.52. The summed E-state index contributed by atoms with van der Waals surface area (Å²) in [6, 6.07) is 9.94. The van der Waals surface area contributed by atoms with Crippen LogP contribution in [-0.2, 0) is 42.5 Å². The molecule has 0 aliphatic carbocycles. The van der Waals surface area contributed by atoms with Crippen LogP contribution < -0.4 is 27.0 Å². The summed E-state index contributed by atoms with van der Waals surface area (Å²) in [7, 11) is 0. The highest BCUT2D eigenvalue weighted by molar-refractivity contribution is 5.92. The first-order chi connectivity index (χ1) is 22.4. The normalized spacial score (nSPS) is 15.4. The third-order valence-electron chi connectivity index (χ3n) is 6.96. The quantitative estimate of drug-likeness (QED) is 0.142. The van der Waals surface area contributed by atoms with Crippen molar-refractivity contribution in [3.8, 4) is 0 Å². The molecule has 0 fully saturated rings. The Bertz CT molecular complexity index is 1510. The number of carbonyl (C=O) groups excluding carboxylic acids is 5.